The Kier molecular flexibility index (Phi) is 5.77. The Morgan fingerprint density at radius 2 is 1.94 bits per heavy atom. The molecular weight excluding hydrogens is 196 g/mol. The summed E-state index contributed by atoms with van der Waals surface area (Å²) in [5.41, 5.74) is 0. The van der Waals surface area contributed by atoms with Gasteiger partial charge < -0.3 is 10.2 Å². The van der Waals surface area contributed by atoms with E-state index in [4.69, 9.17) is 0 Å². The molecule has 0 radical (unpaired) electrons. The minimum atomic E-state index is 0.606. The van der Waals surface area contributed by atoms with Crippen LogP contribution >= 0.6 is 0 Å². The first-order chi connectivity index (χ1) is 7.50. The zero-order valence-corrected chi connectivity index (χ0v) is 11.8. The normalized spacial score (nSPS) is 27.0. The number of likely N-dealkylation sites (tertiary alicyclic amines) is 1. The molecule has 1 saturated heterocycles. The maximum Gasteiger partial charge on any atom is 0.0105 e. The van der Waals surface area contributed by atoms with Crippen molar-refractivity contribution in [2.75, 3.05) is 19.6 Å². The van der Waals surface area contributed by atoms with Gasteiger partial charge in [-0.2, -0.15) is 0 Å². The second-order valence-electron chi connectivity index (χ2n) is 6.02. The monoisotopic (exact) mass is 226 g/mol. The van der Waals surface area contributed by atoms with Gasteiger partial charge in [-0.25, -0.2) is 0 Å². The first-order valence-electron chi connectivity index (χ1n) is 6.98. The van der Waals surface area contributed by atoms with E-state index < -0.39 is 0 Å². The van der Waals surface area contributed by atoms with Gasteiger partial charge in [-0.15, -0.1) is 0 Å². The molecule has 1 aliphatic heterocycles. The molecule has 96 valence electrons. The Morgan fingerprint density at radius 3 is 2.50 bits per heavy atom. The van der Waals surface area contributed by atoms with Gasteiger partial charge in [0.15, 0.2) is 0 Å². The fourth-order valence-corrected chi connectivity index (χ4v) is 2.55. The molecule has 1 rings (SSSR count). The molecular formula is C14H30N2. The third-order valence-corrected chi connectivity index (χ3v) is 3.94. The molecule has 3 unspecified atom stereocenters. The summed E-state index contributed by atoms with van der Waals surface area (Å²) in [6.07, 6.45) is 2.80. The lowest BCUT2D eigenvalue weighted by Gasteiger charge is -2.38. The molecule has 0 aromatic rings. The van der Waals surface area contributed by atoms with Crippen molar-refractivity contribution in [3.8, 4) is 0 Å². The summed E-state index contributed by atoms with van der Waals surface area (Å²) in [7, 11) is 0. The van der Waals surface area contributed by atoms with Crippen LogP contribution in [0.5, 0.6) is 0 Å². The maximum absolute atomic E-state index is 3.55. The van der Waals surface area contributed by atoms with Gasteiger partial charge in [-0.05, 0) is 44.7 Å². The van der Waals surface area contributed by atoms with E-state index in [1.165, 1.54) is 25.9 Å². The van der Waals surface area contributed by atoms with E-state index in [2.05, 4.69) is 44.8 Å². The Labute approximate surface area is 102 Å². The summed E-state index contributed by atoms with van der Waals surface area (Å²) < 4.78 is 0. The van der Waals surface area contributed by atoms with Crippen molar-refractivity contribution in [1.29, 1.82) is 0 Å². The van der Waals surface area contributed by atoms with Crippen molar-refractivity contribution in [2.24, 2.45) is 11.8 Å². The summed E-state index contributed by atoms with van der Waals surface area (Å²) in [6.45, 7) is 15.3. The molecule has 1 heterocycles. The van der Waals surface area contributed by atoms with Crippen LogP contribution in [0, 0.1) is 11.8 Å². The van der Waals surface area contributed by atoms with Crippen LogP contribution in [0.3, 0.4) is 0 Å². The van der Waals surface area contributed by atoms with E-state index in [1.54, 1.807) is 0 Å². The standard InChI is InChI=1S/C14H30N2/c1-11(2)15-9-13(4)14(5)16-8-6-7-12(3)10-16/h11-15H,6-10H2,1-5H3. The average Bonchev–Trinajstić information content (AvgIpc) is 2.24. The Bertz CT molecular complexity index is 191. The van der Waals surface area contributed by atoms with Crippen molar-refractivity contribution < 1.29 is 0 Å². The van der Waals surface area contributed by atoms with E-state index >= 15 is 0 Å². The molecule has 0 amide bonds. The third-order valence-electron chi connectivity index (χ3n) is 3.94. The maximum atomic E-state index is 3.55. The Morgan fingerprint density at radius 1 is 1.25 bits per heavy atom. The lowest BCUT2D eigenvalue weighted by molar-refractivity contribution is 0.105. The van der Waals surface area contributed by atoms with Crippen LogP contribution in [-0.4, -0.2) is 36.6 Å². The molecule has 3 atom stereocenters. The highest BCUT2D eigenvalue weighted by atomic mass is 15.2. The predicted octanol–water partition coefficient (Wildman–Crippen LogP) is 2.74. The van der Waals surface area contributed by atoms with E-state index in [9.17, 15) is 0 Å². The quantitative estimate of drug-likeness (QED) is 0.775. The van der Waals surface area contributed by atoms with E-state index in [0.717, 1.165) is 18.4 Å². The van der Waals surface area contributed by atoms with Crippen LogP contribution in [0.1, 0.15) is 47.5 Å². The zero-order valence-electron chi connectivity index (χ0n) is 11.8. The summed E-state index contributed by atoms with van der Waals surface area (Å²) in [5.74, 6) is 1.63. The molecule has 0 aromatic carbocycles. The predicted molar refractivity (Wildman–Crippen MR) is 71.7 cm³/mol. The zero-order chi connectivity index (χ0) is 12.1. The van der Waals surface area contributed by atoms with E-state index in [0.29, 0.717) is 12.1 Å². The van der Waals surface area contributed by atoms with Crippen LogP contribution in [0.4, 0.5) is 0 Å². The minimum absolute atomic E-state index is 0.606. The van der Waals surface area contributed by atoms with Crippen LogP contribution < -0.4 is 5.32 Å². The van der Waals surface area contributed by atoms with Gasteiger partial charge >= 0.3 is 0 Å². The molecule has 1 N–H and O–H groups in total. The lowest BCUT2D eigenvalue weighted by Crippen LogP contribution is -2.46. The number of piperidine rings is 1. The topological polar surface area (TPSA) is 15.3 Å². The highest BCUT2D eigenvalue weighted by Gasteiger charge is 2.24. The van der Waals surface area contributed by atoms with Gasteiger partial charge in [-0.1, -0.05) is 27.7 Å². The van der Waals surface area contributed by atoms with E-state index in [-0.39, 0.29) is 0 Å². The second kappa shape index (κ2) is 6.61. The van der Waals surface area contributed by atoms with Crippen LogP contribution in [0.15, 0.2) is 0 Å². The molecule has 2 nitrogen and oxygen atoms in total. The van der Waals surface area contributed by atoms with Gasteiger partial charge in [0, 0.05) is 18.6 Å². The number of nitrogens with zero attached hydrogens (tertiary/aromatic N) is 1. The highest BCUT2D eigenvalue weighted by Crippen LogP contribution is 2.20. The molecule has 0 aliphatic carbocycles. The van der Waals surface area contributed by atoms with Crippen molar-refractivity contribution in [3.05, 3.63) is 0 Å². The van der Waals surface area contributed by atoms with Gasteiger partial charge in [0.2, 0.25) is 0 Å². The molecule has 0 aromatic heterocycles. The molecule has 2 heteroatoms. The molecule has 16 heavy (non-hydrogen) atoms. The summed E-state index contributed by atoms with van der Waals surface area (Å²) >= 11 is 0. The Balaban J connectivity index is 2.33. The number of rotatable bonds is 5. The van der Waals surface area contributed by atoms with Crippen molar-refractivity contribution in [1.82, 2.24) is 10.2 Å². The highest BCUT2D eigenvalue weighted by molar-refractivity contribution is 4.79. The van der Waals surface area contributed by atoms with E-state index in [1.807, 2.05) is 0 Å². The second-order valence-corrected chi connectivity index (χ2v) is 6.02. The average molecular weight is 226 g/mol. The SMILES string of the molecule is CC1CCCN(C(C)C(C)CNC(C)C)C1. The van der Waals surface area contributed by atoms with Gasteiger partial charge in [0.05, 0.1) is 0 Å². The lowest BCUT2D eigenvalue weighted by atomic mass is 9.95. The van der Waals surface area contributed by atoms with Gasteiger partial charge in [0.1, 0.15) is 0 Å². The third kappa shape index (κ3) is 4.42. The van der Waals surface area contributed by atoms with Crippen molar-refractivity contribution in [3.63, 3.8) is 0 Å². The molecule has 0 bridgehead atoms. The summed E-state index contributed by atoms with van der Waals surface area (Å²) in [6, 6.07) is 1.32. The number of nitrogens with one attached hydrogen (secondary N) is 1. The molecule has 0 spiro atoms. The fourth-order valence-electron chi connectivity index (χ4n) is 2.55. The van der Waals surface area contributed by atoms with Gasteiger partial charge in [-0.3, -0.25) is 0 Å². The summed E-state index contributed by atoms with van der Waals surface area (Å²) in [4.78, 5) is 2.68. The van der Waals surface area contributed by atoms with Crippen LogP contribution in [0.2, 0.25) is 0 Å². The first kappa shape index (κ1) is 14.0. The number of hydrogen-bond acceptors (Lipinski definition) is 2. The minimum Gasteiger partial charge on any atom is -0.314 e. The molecule has 1 aliphatic rings. The molecule has 0 saturated carbocycles. The fraction of sp³-hybridized carbons (Fsp3) is 1.00. The first-order valence-corrected chi connectivity index (χ1v) is 6.98. The van der Waals surface area contributed by atoms with Crippen LogP contribution in [-0.2, 0) is 0 Å². The smallest absolute Gasteiger partial charge is 0.0105 e. The van der Waals surface area contributed by atoms with Crippen LogP contribution in [0.25, 0.3) is 0 Å². The van der Waals surface area contributed by atoms with Crippen molar-refractivity contribution >= 4 is 0 Å². The largest absolute Gasteiger partial charge is 0.314 e. The Hall–Kier alpha value is -0.0800. The molecule has 1 fully saturated rings. The van der Waals surface area contributed by atoms with Gasteiger partial charge in [0.25, 0.3) is 0 Å². The summed E-state index contributed by atoms with van der Waals surface area (Å²) in [5, 5.41) is 3.55. The number of hydrogen-bond donors (Lipinski definition) is 1. The van der Waals surface area contributed by atoms with Crippen molar-refractivity contribution in [2.45, 2.75) is 59.5 Å².